The SMILES string of the molecule is CCCOc1cncc(C(NCC)c2ncc(C)cn2)c1. The van der Waals surface area contributed by atoms with E-state index in [0.717, 1.165) is 35.7 Å². The van der Waals surface area contributed by atoms with Crippen LogP contribution < -0.4 is 10.1 Å². The molecule has 0 spiro atoms. The molecule has 5 nitrogen and oxygen atoms in total. The van der Waals surface area contributed by atoms with Crippen molar-refractivity contribution in [1.29, 1.82) is 0 Å². The molecule has 0 aliphatic rings. The smallest absolute Gasteiger partial charge is 0.149 e. The van der Waals surface area contributed by atoms with Crippen molar-refractivity contribution in [3.05, 3.63) is 47.8 Å². The van der Waals surface area contributed by atoms with Crippen molar-refractivity contribution in [1.82, 2.24) is 20.3 Å². The molecule has 1 N–H and O–H groups in total. The second kappa shape index (κ2) is 7.69. The fourth-order valence-electron chi connectivity index (χ4n) is 2.01. The van der Waals surface area contributed by atoms with Crippen LogP contribution in [0.25, 0.3) is 0 Å². The van der Waals surface area contributed by atoms with Crippen LogP contribution in [0.1, 0.15) is 43.3 Å². The Morgan fingerprint density at radius 3 is 2.57 bits per heavy atom. The minimum atomic E-state index is -0.0757. The minimum absolute atomic E-state index is 0.0757. The molecule has 2 aromatic rings. The highest BCUT2D eigenvalue weighted by atomic mass is 16.5. The molecule has 1 atom stereocenters. The lowest BCUT2D eigenvalue weighted by Gasteiger charge is -2.17. The third kappa shape index (κ3) is 4.23. The van der Waals surface area contributed by atoms with Crippen molar-refractivity contribution in [2.75, 3.05) is 13.2 Å². The van der Waals surface area contributed by atoms with Crippen LogP contribution in [-0.2, 0) is 0 Å². The van der Waals surface area contributed by atoms with Gasteiger partial charge in [0.2, 0.25) is 0 Å². The van der Waals surface area contributed by atoms with E-state index in [1.54, 1.807) is 6.20 Å². The number of rotatable bonds is 7. The van der Waals surface area contributed by atoms with E-state index < -0.39 is 0 Å². The van der Waals surface area contributed by atoms with Gasteiger partial charge in [-0.2, -0.15) is 0 Å². The molecule has 5 heteroatoms. The molecular formula is C16H22N4O. The zero-order chi connectivity index (χ0) is 15.1. The van der Waals surface area contributed by atoms with Gasteiger partial charge in [-0.05, 0) is 37.1 Å². The predicted molar refractivity (Wildman–Crippen MR) is 82.3 cm³/mol. The van der Waals surface area contributed by atoms with Gasteiger partial charge in [-0.3, -0.25) is 4.98 Å². The van der Waals surface area contributed by atoms with E-state index in [9.17, 15) is 0 Å². The lowest BCUT2D eigenvalue weighted by molar-refractivity contribution is 0.315. The summed E-state index contributed by atoms with van der Waals surface area (Å²) in [4.78, 5) is 13.1. The first-order valence-electron chi connectivity index (χ1n) is 7.34. The molecule has 0 saturated heterocycles. The molecule has 0 bridgehead atoms. The molecule has 21 heavy (non-hydrogen) atoms. The Bertz CT molecular complexity index is 556. The lowest BCUT2D eigenvalue weighted by atomic mass is 10.1. The molecule has 2 rings (SSSR count). The molecule has 2 heterocycles. The normalized spacial score (nSPS) is 12.1. The van der Waals surface area contributed by atoms with Crippen LogP contribution in [0, 0.1) is 6.92 Å². The highest BCUT2D eigenvalue weighted by molar-refractivity contribution is 5.29. The second-order valence-corrected chi connectivity index (χ2v) is 4.91. The number of nitrogens with zero attached hydrogens (tertiary/aromatic N) is 3. The predicted octanol–water partition coefficient (Wildman–Crippen LogP) is 2.67. The van der Waals surface area contributed by atoms with Gasteiger partial charge in [-0.15, -0.1) is 0 Å². The van der Waals surface area contributed by atoms with Gasteiger partial charge in [-0.25, -0.2) is 9.97 Å². The van der Waals surface area contributed by atoms with Crippen LogP contribution >= 0.6 is 0 Å². The third-order valence-electron chi connectivity index (χ3n) is 3.01. The zero-order valence-corrected chi connectivity index (χ0v) is 12.8. The molecule has 0 aliphatic heterocycles. The number of aryl methyl sites for hydroxylation is 1. The van der Waals surface area contributed by atoms with E-state index in [1.807, 2.05) is 31.6 Å². The van der Waals surface area contributed by atoms with Crippen molar-refractivity contribution in [2.45, 2.75) is 33.2 Å². The van der Waals surface area contributed by atoms with E-state index in [1.165, 1.54) is 0 Å². The maximum Gasteiger partial charge on any atom is 0.149 e. The average molecular weight is 286 g/mol. The van der Waals surface area contributed by atoms with Crippen molar-refractivity contribution >= 4 is 0 Å². The second-order valence-electron chi connectivity index (χ2n) is 4.91. The highest BCUT2D eigenvalue weighted by Crippen LogP contribution is 2.22. The largest absolute Gasteiger partial charge is 0.492 e. The fraction of sp³-hybridized carbons (Fsp3) is 0.438. The molecule has 0 aromatic carbocycles. The Hall–Kier alpha value is -2.01. The maximum absolute atomic E-state index is 5.65. The summed E-state index contributed by atoms with van der Waals surface area (Å²) in [7, 11) is 0. The number of aromatic nitrogens is 3. The summed E-state index contributed by atoms with van der Waals surface area (Å²) >= 11 is 0. The van der Waals surface area contributed by atoms with E-state index in [4.69, 9.17) is 4.74 Å². The average Bonchev–Trinajstić information content (AvgIpc) is 2.52. The van der Waals surface area contributed by atoms with E-state index in [0.29, 0.717) is 6.61 Å². The summed E-state index contributed by atoms with van der Waals surface area (Å²) in [6.07, 6.45) is 8.20. The quantitative estimate of drug-likeness (QED) is 0.848. The number of hydrogen-bond donors (Lipinski definition) is 1. The van der Waals surface area contributed by atoms with Gasteiger partial charge in [0, 0.05) is 18.6 Å². The first-order valence-corrected chi connectivity index (χ1v) is 7.34. The third-order valence-corrected chi connectivity index (χ3v) is 3.01. The van der Waals surface area contributed by atoms with Crippen molar-refractivity contribution < 1.29 is 4.74 Å². The van der Waals surface area contributed by atoms with Crippen LogP contribution in [0.5, 0.6) is 5.75 Å². The van der Waals surface area contributed by atoms with Crippen molar-refractivity contribution in [2.24, 2.45) is 0 Å². The van der Waals surface area contributed by atoms with Gasteiger partial charge in [0.15, 0.2) is 0 Å². The van der Waals surface area contributed by atoms with E-state index >= 15 is 0 Å². The summed E-state index contributed by atoms with van der Waals surface area (Å²) in [5, 5.41) is 3.40. The molecule has 112 valence electrons. The summed E-state index contributed by atoms with van der Waals surface area (Å²) in [5.41, 5.74) is 2.06. The molecule has 0 saturated carbocycles. The van der Waals surface area contributed by atoms with Gasteiger partial charge in [0.05, 0.1) is 18.8 Å². The topological polar surface area (TPSA) is 59.9 Å². The van der Waals surface area contributed by atoms with Crippen molar-refractivity contribution in [3.63, 3.8) is 0 Å². The van der Waals surface area contributed by atoms with Gasteiger partial charge in [0.25, 0.3) is 0 Å². The van der Waals surface area contributed by atoms with Gasteiger partial charge in [0.1, 0.15) is 11.6 Å². The fourth-order valence-corrected chi connectivity index (χ4v) is 2.01. The summed E-state index contributed by atoms with van der Waals surface area (Å²) in [6.45, 7) is 7.64. The maximum atomic E-state index is 5.65. The lowest BCUT2D eigenvalue weighted by Crippen LogP contribution is -2.24. The van der Waals surface area contributed by atoms with Gasteiger partial charge < -0.3 is 10.1 Å². The Morgan fingerprint density at radius 1 is 1.14 bits per heavy atom. The molecule has 1 unspecified atom stereocenters. The Labute approximate surface area is 125 Å². The molecular weight excluding hydrogens is 264 g/mol. The number of ether oxygens (including phenoxy) is 1. The Kier molecular flexibility index (Phi) is 5.63. The molecule has 0 amide bonds. The van der Waals surface area contributed by atoms with Crippen LogP contribution in [0.2, 0.25) is 0 Å². The first-order chi connectivity index (χ1) is 10.2. The van der Waals surface area contributed by atoms with E-state index in [2.05, 4.69) is 34.1 Å². The summed E-state index contributed by atoms with van der Waals surface area (Å²) in [5.74, 6) is 1.53. The van der Waals surface area contributed by atoms with Gasteiger partial charge in [-0.1, -0.05) is 13.8 Å². The van der Waals surface area contributed by atoms with Gasteiger partial charge >= 0.3 is 0 Å². The molecule has 0 aliphatic carbocycles. The molecule has 2 aromatic heterocycles. The van der Waals surface area contributed by atoms with E-state index in [-0.39, 0.29) is 6.04 Å². The number of hydrogen-bond acceptors (Lipinski definition) is 5. The van der Waals surface area contributed by atoms with Crippen LogP contribution in [0.4, 0.5) is 0 Å². The summed E-state index contributed by atoms with van der Waals surface area (Å²) < 4.78 is 5.65. The van der Waals surface area contributed by atoms with Crippen LogP contribution in [0.15, 0.2) is 30.9 Å². The standard InChI is InChI=1S/C16H22N4O/c1-4-6-21-14-7-13(10-17-11-14)15(18-5-2)16-19-8-12(3)9-20-16/h7-11,15,18H,4-6H2,1-3H3. The van der Waals surface area contributed by atoms with Crippen LogP contribution in [0.3, 0.4) is 0 Å². The summed E-state index contributed by atoms with van der Waals surface area (Å²) in [6, 6.07) is 1.92. The zero-order valence-electron chi connectivity index (χ0n) is 12.8. The molecule has 0 radical (unpaired) electrons. The monoisotopic (exact) mass is 286 g/mol. The minimum Gasteiger partial charge on any atom is -0.492 e. The molecule has 0 fully saturated rings. The Morgan fingerprint density at radius 2 is 1.90 bits per heavy atom. The van der Waals surface area contributed by atoms with Crippen molar-refractivity contribution in [3.8, 4) is 5.75 Å². The highest BCUT2D eigenvalue weighted by Gasteiger charge is 2.16. The first kappa shape index (κ1) is 15.4. The van der Waals surface area contributed by atoms with Crippen LogP contribution in [-0.4, -0.2) is 28.1 Å². The Balaban J connectivity index is 2.27. The number of pyridine rings is 1. The number of nitrogens with one attached hydrogen (secondary N) is 1.